The molecule has 0 aliphatic rings. The summed E-state index contributed by atoms with van der Waals surface area (Å²) in [5.41, 5.74) is 0.736. The number of carbonyl (C=O) groups excluding carboxylic acids is 1. The van der Waals surface area contributed by atoms with Crippen molar-refractivity contribution in [3.05, 3.63) is 24.3 Å². The summed E-state index contributed by atoms with van der Waals surface area (Å²) >= 11 is 0. The molecular weight excluding hydrogens is 140 g/mol. The Kier molecular flexibility index (Phi) is 2.31. The average molecular weight is 150 g/mol. The molecule has 11 heavy (non-hydrogen) atoms. The lowest BCUT2D eigenvalue weighted by molar-refractivity contribution is -0.118. The highest BCUT2D eigenvalue weighted by Gasteiger charge is 2.10. The van der Waals surface area contributed by atoms with Crippen molar-refractivity contribution in [1.29, 1.82) is 0 Å². The molecule has 1 unspecified atom stereocenters. The van der Waals surface area contributed by atoms with E-state index in [1.165, 1.54) is 0 Å². The maximum absolute atomic E-state index is 10.9. The van der Waals surface area contributed by atoms with Crippen molar-refractivity contribution in [3.63, 3.8) is 0 Å². The third-order valence-electron chi connectivity index (χ3n) is 1.64. The van der Waals surface area contributed by atoms with Crippen LogP contribution in [0.3, 0.4) is 0 Å². The van der Waals surface area contributed by atoms with E-state index in [0.29, 0.717) is 0 Å². The molecule has 1 heterocycles. The lowest BCUT2D eigenvalue weighted by Gasteiger charge is -2.03. The molecule has 0 aliphatic heterocycles. The van der Waals surface area contributed by atoms with Crippen LogP contribution in [0.25, 0.3) is 0 Å². The Morgan fingerprint density at radius 2 is 2.27 bits per heavy atom. The molecule has 0 spiro atoms. The van der Waals surface area contributed by atoms with Gasteiger partial charge in [0.25, 0.3) is 0 Å². The first-order valence-corrected chi connectivity index (χ1v) is 3.48. The lowest BCUT2D eigenvalue weighted by Crippen LogP contribution is -2.06. The van der Waals surface area contributed by atoms with Crippen molar-refractivity contribution < 1.29 is 4.79 Å². The van der Waals surface area contributed by atoms with Crippen molar-refractivity contribution in [2.24, 2.45) is 0 Å². The fourth-order valence-corrected chi connectivity index (χ4v) is 0.742. The molecule has 3 nitrogen and oxygen atoms in total. The largest absolute Gasteiger partial charge is 0.299 e. The fourth-order valence-electron chi connectivity index (χ4n) is 0.742. The van der Waals surface area contributed by atoms with Crippen LogP contribution in [0.15, 0.2) is 18.6 Å². The zero-order valence-electron chi connectivity index (χ0n) is 6.61. The van der Waals surface area contributed by atoms with Crippen LogP contribution in [0.5, 0.6) is 0 Å². The predicted octanol–water partition coefficient (Wildman–Crippen LogP) is 1.17. The Morgan fingerprint density at radius 3 is 2.73 bits per heavy atom. The minimum atomic E-state index is -0.135. The number of aromatic nitrogens is 2. The summed E-state index contributed by atoms with van der Waals surface area (Å²) in [5.74, 6) is -0.0193. The number of ketones is 1. The van der Waals surface area contributed by atoms with Gasteiger partial charge in [-0.25, -0.2) is 0 Å². The molecule has 0 saturated carbocycles. The van der Waals surface area contributed by atoms with Crippen LogP contribution in [0.2, 0.25) is 0 Å². The van der Waals surface area contributed by atoms with Crippen LogP contribution in [0, 0.1) is 0 Å². The molecule has 1 aromatic rings. The number of rotatable bonds is 2. The second-order valence-electron chi connectivity index (χ2n) is 2.46. The van der Waals surface area contributed by atoms with Crippen molar-refractivity contribution in [2.45, 2.75) is 19.8 Å². The molecule has 1 aromatic heterocycles. The molecule has 0 amide bonds. The quantitative estimate of drug-likeness (QED) is 0.635. The summed E-state index contributed by atoms with van der Waals surface area (Å²) in [4.78, 5) is 18.8. The summed E-state index contributed by atoms with van der Waals surface area (Å²) in [7, 11) is 0. The van der Waals surface area contributed by atoms with Gasteiger partial charge in [0.1, 0.15) is 5.78 Å². The summed E-state index contributed by atoms with van der Waals surface area (Å²) in [6.45, 7) is 3.38. The Hall–Kier alpha value is -1.25. The second kappa shape index (κ2) is 3.23. The van der Waals surface area contributed by atoms with E-state index in [-0.39, 0.29) is 11.7 Å². The van der Waals surface area contributed by atoms with Crippen LogP contribution in [0.1, 0.15) is 25.5 Å². The zero-order valence-corrected chi connectivity index (χ0v) is 6.61. The highest BCUT2D eigenvalue weighted by Crippen LogP contribution is 2.10. The second-order valence-corrected chi connectivity index (χ2v) is 2.46. The normalized spacial score (nSPS) is 12.5. The first-order chi connectivity index (χ1) is 5.22. The molecule has 0 saturated heterocycles. The van der Waals surface area contributed by atoms with Gasteiger partial charge in [0, 0.05) is 18.6 Å². The van der Waals surface area contributed by atoms with Crippen molar-refractivity contribution in [1.82, 2.24) is 9.97 Å². The molecule has 0 fully saturated rings. The maximum Gasteiger partial charge on any atom is 0.138 e. The smallest absolute Gasteiger partial charge is 0.138 e. The number of hydrogen-bond donors (Lipinski definition) is 0. The van der Waals surface area contributed by atoms with Gasteiger partial charge in [0.05, 0.1) is 11.6 Å². The van der Waals surface area contributed by atoms with E-state index in [0.717, 1.165) is 5.69 Å². The first-order valence-electron chi connectivity index (χ1n) is 3.48. The zero-order chi connectivity index (χ0) is 8.27. The molecule has 3 heteroatoms. The van der Waals surface area contributed by atoms with E-state index < -0.39 is 0 Å². The fraction of sp³-hybridized carbons (Fsp3) is 0.375. The van der Waals surface area contributed by atoms with Crippen LogP contribution >= 0.6 is 0 Å². The van der Waals surface area contributed by atoms with Crippen molar-refractivity contribution in [2.75, 3.05) is 0 Å². The van der Waals surface area contributed by atoms with E-state index >= 15 is 0 Å². The number of nitrogens with zero attached hydrogens (tertiary/aromatic N) is 2. The van der Waals surface area contributed by atoms with Gasteiger partial charge in [-0.2, -0.15) is 0 Å². The van der Waals surface area contributed by atoms with Gasteiger partial charge >= 0.3 is 0 Å². The van der Waals surface area contributed by atoms with Gasteiger partial charge in [0.15, 0.2) is 0 Å². The van der Waals surface area contributed by atoms with E-state index in [4.69, 9.17) is 0 Å². The number of Topliss-reactive ketones (excluding diaryl/α,β-unsaturated/α-hetero) is 1. The van der Waals surface area contributed by atoms with Gasteiger partial charge in [-0.15, -0.1) is 0 Å². The minimum Gasteiger partial charge on any atom is -0.299 e. The number of hydrogen-bond acceptors (Lipinski definition) is 3. The molecule has 0 radical (unpaired) electrons. The lowest BCUT2D eigenvalue weighted by atomic mass is 10.1. The SMILES string of the molecule is CC(=O)C(C)c1cnccn1. The van der Waals surface area contributed by atoms with Gasteiger partial charge in [-0.05, 0) is 13.8 Å². The Balaban J connectivity index is 2.85. The average Bonchev–Trinajstić information content (AvgIpc) is 2.05. The molecular formula is C8H10N2O. The van der Waals surface area contributed by atoms with E-state index in [1.807, 2.05) is 6.92 Å². The van der Waals surface area contributed by atoms with Crippen molar-refractivity contribution in [3.8, 4) is 0 Å². The van der Waals surface area contributed by atoms with Gasteiger partial charge < -0.3 is 0 Å². The first kappa shape index (κ1) is 7.85. The van der Waals surface area contributed by atoms with Crippen LogP contribution in [0.4, 0.5) is 0 Å². The van der Waals surface area contributed by atoms with Gasteiger partial charge in [0.2, 0.25) is 0 Å². The topological polar surface area (TPSA) is 42.9 Å². The van der Waals surface area contributed by atoms with E-state index in [1.54, 1.807) is 25.5 Å². The molecule has 58 valence electrons. The number of carbonyl (C=O) groups is 1. The van der Waals surface area contributed by atoms with Crippen LogP contribution < -0.4 is 0 Å². The predicted molar refractivity (Wildman–Crippen MR) is 41.1 cm³/mol. The molecule has 1 atom stereocenters. The molecule has 0 aliphatic carbocycles. The van der Waals surface area contributed by atoms with Crippen LogP contribution in [-0.2, 0) is 4.79 Å². The van der Waals surface area contributed by atoms with Gasteiger partial charge in [-0.3, -0.25) is 14.8 Å². The molecule has 1 rings (SSSR count). The van der Waals surface area contributed by atoms with Crippen LogP contribution in [-0.4, -0.2) is 15.8 Å². The van der Waals surface area contributed by atoms with E-state index in [2.05, 4.69) is 9.97 Å². The highest BCUT2D eigenvalue weighted by atomic mass is 16.1. The monoisotopic (exact) mass is 150 g/mol. The Labute approximate surface area is 65.5 Å². The molecule has 0 bridgehead atoms. The van der Waals surface area contributed by atoms with E-state index in [9.17, 15) is 4.79 Å². The summed E-state index contributed by atoms with van der Waals surface area (Å²) < 4.78 is 0. The summed E-state index contributed by atoms with van der Waals surface area (Å²) in [6.07, 6.45) is 4.80. The van der Waals surface area contributed by atoms with Crippen molar-refractivity contribution >= 4 is 5.78 Å². The standard InChI is InChI=1S/C8H10N2O/c1-6(7(2)11)8-5-9-3-4-10-8/h3-6H,1-2H3. The Morgan fingerprint density at radius 1 is 1.55 bits per heavy atom. The Bertz CT molecular complexity index is 246. The highest BCUT2D eigenvalue weighted by molar-refractivity contribution is 5.82. The minimum absolute atomic E-state index is 0.116. The third-order valence-corrected chi connectivity index (χ3v) is 1.64. The maximum atomic E-state index is 10.9. The van der Waals surface area contributed by atoms with Gasteiger partial charge in [-0.1, -0.05) is 0 Å². The summed E-state index contributed by atoms with van der Waals surface area (Å²) in [5, 5.41) is 0. The molecule has 0 aromatic carbocycles. The summed E-state index contributed by atoms with van der Waals surface area (Å²) in [6, 6.07) is 0. The molecule has 0 N–H and O–H groups in total. The third kappa shape index (κ3) is 1.83.